The Kier molecular flexibility index (Phi) is 7.71. The molecule has 2 aromatic carbocycles. The Morgan fingerprint density at radius 3 is 2.60 bits per heavy atom. The Balaban J connectivity index is 1.68. The van der Waals surface area contributed by atoms with Crippen molar-refractivity contribution >= 4 is 31.5 Å². The summed E-state index contributed by atoms with van der Waals surface area (Å²) in [4.78, 5) is 20.7. The summed E-state index contributed by atoms with van der Waals surface area (Å²) in [6.45, 7) is 14.3. The molecule has 0 spiro atoms. The first-order chi connectivity index (χ1) is 18.7. The van der Waals surface area contributed by atoms with E-state index in [9.17, 15) is 18.8 Å². The molecule has 1 aliphatic heterocycles. The minimum absolute atomic E-state index is 0.0482. The zero-order valence-corrected chi connectivity index (χ0v) is 24.8. The summed E-state index contributed by atoms with van der Waals surface area (Å²) in [7, 11) is -0.650. The average molecular weight is 565 g/mol. The molecule has 1 amide bonds. The van der Waals surface area contributed by atoms with Crippen LogP contribution in [0, 0.1) is 23.0 Å². The second-order valence-electron chi connectivity index (χ2n) is 11.8. The van der Waals surface area contributed by atoms with Gasteiger partial charge in [0.25, 0.3) is 5.91 Å². The molecule has 1 aromatic heterocycles. The average Bonchev–Trinajstić information content (AvgIpc) is 3.24. The van der Waals surface area contributed by atoms with E-state index < -0.39 is 25.9 Å². The van der Waals surface area contributed by atoms with Crippen molar-refractivity contribution in [3.05, 3.63) is 64.9 Å². The van der Waals surface area contributed by atoms with Crippen molar-refractivity contribution in [2.45, 2.75) is 51.2 Å². The number of halogens is 2. The van der Waals surface area contributed by atoms with Gasteiger partial charge in [0.1, 0.15) is 17.7 Å². The van der Waals surface area contributed by atoms with Crippen molar-refractivity contribution in [1.82, 2.24) is 15.3 Å². The van der Waals surface area contributed by atoms with Crippen molar-refractivity contribution in [1.29, 1.82) is 5.26 Å². The van der Waals surface area contributed by atoms with Gasteiger partial charge in [-0.2, -0.15) is 5.26 Å². The lowest BCUT2D eigenvalue weighted by Gasteiger charge is -2.39. The van der Waals surface area contributed by atoms with Crippen LogP contribution in [0.5, 0.6) is 0 Å². The van der Waals surface area contributed by atoms with E-state index in [4.69, 9.17) is 4.43 Å². The number of nitrogens with one attached hydrogen (secondary N) is 3. The molecule has 0 fully saturated rings. The number of carbonyl (C=O) groups excluding carboxylic acids is 1. The fourth-order valence-corrected chi connectivity index (χ4v) is 5.37. The van der Waals surface area contributed by atoms with Gasteiger partial charge in [0.15, 0.2) is 8.32 Å². The Bertz CT molecular complexity index is 1520. The van der Waals surface area contributed by atoms with Gasteiger partial charge in [0, 0.05) is 43.4 Å². The molecule has 0 saturated carbocycles. The summed E-state index contributed by atoms with van der Waals surface area (Å²) in [6.07, 6.45) is 1.50. The Labute approximate surface area is 234 Å². The highest BCUT2D eigenvalue weighted by Gasteiger charge is 2.42. The second-order valence-corrected chi connectivity index (χ2v) is 16.6. The summed E-state index contributed by atoms with van der Waals surface area (Å²) in [5.74, 6) is -2.51. The van der Waals surface area contributed by atoms with Crippen molar-refractivity contribution in [3.8, 4) is 17.3 Å². The zero-order chi connectivity index (χ0) is 29.5. The van der Waals surface area contributed by atoms with Crippen LogP contribution in [0.25, 0.3) is 11.3 Å². The Hall–Kier alpha value is -3.88. The maximum atomic E-state index is 14.5. The third kappa shape index (κ3) is 5.55. The van der Waals surface area contributed by atoms with Gasteiger partial charge in [-0.25, -0.2) is 18.7 Å². The molecule has 1 atom stereocenters. The van der Waals surface area contributed by atoms with Crippen LogP contribution in [0.1, 0.15) is 49.2 Å². The van der Waals surface area contributed by atoms with Crippen LogP contribution < -0.4 is 16.0 Å². The first-order valence-electron chi connectivity index (χ1n) is 13.0. The third-order valence-corrected chi connectivity index (χ3v) is 12.3. The molecule has 3 aromatic rings. The van der Waals surface area contributed by atoms with Crippen LogP contribution >= 0.6 is 0 Å². The number of nitriles is 1. The molecule has 1 aliphatic rings. The zero-order valence-electron chi connectivity index (χ0n) is 23.8. The molecule has 0 radical (unpaired) electrons. The summed E-state index contributed by atoms with van der Waals surface area (Å²) in [6, 6.07) is 9.43. The fourth-order valence-electron chi connectivity index (χ4n) is 4.26. The lowest BCUT2D eigenvalue weighted by Crippen LogP contribution is -2.45. The standard InChI is InChI=1S/C29H34F2N6O2Si/c1-28(2,3)40(6,7)39-16-29(4)15-35-25-18(14-32)10-17(11-20(25)29)23-8-9-34-27(36-23)37-24-12-19(26(38)33-5)21(30)13-22(24)31/h8-13,35H,15-16H2,1-7H3,(H,33,38)(H,34,36,37)/t29-/m1/s1. The van der Waals surface area contributed by atoms with Crippen molar-refractivity contribution < 1.29 is 18.0 Å². The molecule has 0 bridgehead atoms. The lowest BCUT2D eigenvalue weighted by molar-refractivity contribution is 0.0959. The van der Waals surface area contributed by atoms with E-state index in [0.29, 0.717) is 36.0 Å². The highest BCUT2D eigenvalue weighted by molar-refractivity contribution is 6.74. The van der Waals surface area contributed by atoms with E-state index in [0.717, 1.165) is 17.3 Å². The van der Waals surface area contributed by atoms with Crippen molar-refractivity contribution in [2.24, 2.45) is 0 Å². The number of nitrogens with zero attached hydrogens (tertiary/aromatic N) is 3. The van der Waals surface area contributed by atoms with Crippen LogP contribution in [0.4, 0.5) is 26.1 Å². The van der Waals surface area contributed by atoms with Crippen LogP contribution in [-0.2, 0) is 9.84 Å². The molecule has 210 valence electrons. The van der Waals surface area contributed by atoms with Crippen LogP contribution in [0.15, 0.2) is 36.5 Å². The SMILES string of the molecule is CNC(=O)c1cc(Nc2nccc(-c3cc(C#N)c4c(c3)[C@@](C)(CO[Si](C)(C)C(C)(C)C)CN4)n2)c(F)cc1F. The number of rotatable bonds is 7. The molecule has 3 N–H and O–H groups in total. The van der Waals surface area contributed by atoms with E-state index >= 15 is 0 Å². The van der Waals surface area contributed by atoms with Gasteiger partial charge < -0.3 is 20.4 Å². The maximum Gasteiger partial charge on any atom is 0.254 e. The number of anilines is 3. The van der Waals surface area contributed by atoms with E-state index in [1.807, 2.05) is 6.07 Å². The summed E-state index contributed by atoms with van der Waals surface area (Å²) in [5.41, 5.74) is 2.60. The molecule has 8 nitrogen and oxygen atoms in total. The van der Waals surface area contributed by atoms with E-state index in [-0.39, 0.29) is 27.7 Å². The summed E-state index contributed by atoms with van der Waals surface area (Å²) in [5, 5.41) is 18.5. The molecule has 0 aliphatic carbocycles. The van der Waals surface area contributed by atoms with Gasteiger partial charge in [-0.3, -0.25) is 4.79 Å². The molecule has 0 unspecified atom stereocenters. The lowest BCUT2D eigenvalue weighted by atomic mass is 9.83. The van der Waals surface area contributed by atoms with Crippen LogP contribution in [-0.4, -0.2) is 44.4 Å². The third-order valence-electron chi connectivity index (χ3n) is 7.85. The molecule has 40 heavy (non-hydrogen) atoms. The molecule has 4 rings (SSSR count). The monoisotopic (exact) mass is 564 g/mol. The number of carbonyl (C=O) groups is 1. The number of hydrogen-bond acceptors (Lipinski definition) is 7. The molecule has 0 saturated heterocycles. The topological polar surface area (TPSA) is 112 Å². The molecule has 2 heterocycles. The first-order valence-corrected chi connectivity index (χ1v) is 15.9. The Morgan fingerprint density at radius 1 is 1.23 bits per heavy atom. The smallest absolute Gasteiger partial charge is 0.254 e. The maximum absolute atomic E-state index is 14.5. The highest BCUT2D eigenvalue weighted by atomic mass is 28.4. The Morgan fingerprint density at radius 2 is 1.95 bits per heavy atom. The predicted octanol–water partition coefficient (Wildman–Crippen LogP) is 6.10. The fraction of sp³-hybridized carbons (Fsp3) is 0.379. The van der Waals surface area contributed by atoms with Gasteiger partial charge in [0.05, 0.1) is 28.2 Å². The number of benzene rings is 2. The molecular formula is C29H34F2N6O2Si. The summed E-state index contributed by atoms with van der Waals surface area (Å²) < 4.78 is 35.2. The molecule has 11 heteroatoms. The molecular weight excluding hydrogens is 530 g/mol. The quantitative estimate of drug-likeness (QED) is 0.297. The number of aromatic nitrogens is 2. The van der Waals surface area contributed by atoms with Gasteiger partial charge in [0.2, 0.25) is 5.95 Å². The number of hydrogen-bond donors (Lipinski definition) is 3. The predicted molar refractivity (Wildman–Crippen MR) is 154 cm³/mol. The number of fused-ring (bicyclic) bond motifs is 1. The van der Waals surface area contributed by atoms with Crippen molar-refractivity contribution in [2.75, 3.05) is 30.8 Å². The minimum Gasteiger partial charge on any atom is -0.416 e. The van der Waals surface area contributed by atoms with E-state index in [1.54, 1.807) is 12.1 Å². The first kappa shape index (κ1) is 29.1. The second kappa shape index (κ2) is 10.6. The minimum atomic E-state index is -2.01. The highest BCUT2D eigenvalue weighted by Crippen LogP contribution is 2.44. The number of amides is 1. The van der Waals surface area contributed by atoms with Crippen molar-refractivity contribution in [3.63, 3.8) is 0 Å². The van der Waals surface area contributed by atoms with E-state index in [1.165, 1.54) is 13.2 Å². The van der Waals surface area contributed by atoms with E-state index in [2.05, 4.69) is 72.8 Å². The van der Waals surface area contributed by atoms with Gasteiger partial charge in [-0.05, 0) is 48.0 Å². The van der Waals surface area contributed by atoms with Gasteiger partial charge in [-0.15, -0.1) is 0 Å². The normalized spacial score (nSPS) is 16.6. The van der Waals surface area contributed by atoms with Crippen LogP contribution in [0.3, 0.4) is 0 Å². The van der Waals surface area contributed by atoms with Gasteiger partial charge >= 0.3 is 0 Å². The largest absolute Gasteiger partial charge is 0.416 e. The van der Waals surface area contributed by atoms with Crippen LogP contribution in [0.2, 0.25) is 18.1 Å². The van der Waals surface area contributed by atoms with Gasteiger partial charge in [-0.1, -0.05) is 27.7 Å². The summed E-state index contributed by atoms with van der Waals surface area (Å²) >= 11 is 0.